The summed E-state index contributed by atoms with van der Waals surface area (Å²) in [7, 11) is 8.06. The highest BCUT2D eigenvalue weighted by atomic mass is 16.4. The molecule has 3 amide bonds. The molecule has 2 aromatic carbocycles. The number of aliphatic carboxylic acids is 1. The molecule has 4 aromatic heterocycles. The lowest BCUT2D eigenvalue weighted by molar-refractivity contribution is -0.146. The van der Waals surface area contributed by atoms with Gasteiger partial charge in [-0.25, -0.2) is 9.03 Å². The summed E-state index contributed by atoms with van der Waals surface area (Å²) in [5.74, 6) is 0.487. The minimum Gasteiger partial charge on any atom is -0.481 e. The zero-order chi connectivity index (χ0) is 58.6. The first-order valence-corrected chi connectivity index (χ1v) is 29.8. The molecule has 6 aliphatic heterocycles. The molecule has 0 saturated carbocycles. The van der Waals surface area contributed by atoms with Crippen LogP contribution in [0.5, 0.6) is 0 Å². The summed E-state index contributed by atoms with van der Waals surface area (Å²) in [5, 5.41) is 28.2. The van der Waals surface area contributed by atoms with Gasteiger partial charge in [0, 0.05) is 119 Å². The van der Waals surface area contributed by atoms with E-state index in [4.69, 9.17) is 9.97 Å². The number of carboxylic acid groups (broad SMARTS) is 1. The highest BCUT2D eigenvalue weighted by Gasteiger charge is 2.40. The fourth-order valence-corrected chi connectivity index (χ4v) is 12.3. The van der Waals surface area contributed by atoms with Gasteiger partial charge in [-0.1, -0.05) is 27.7 Å². The normalized spacial score (nSPS) is 19.8. The number of nitrogens with zero attached hydrogens (tertiary/aromatic N) is 13. The third-order valence-corrected chi connectivity index (χ3v) is 17.7. The molecule has 21 nitrogen and oxygen atoms in total. The molecule has 444 valence electrons. The van der Waals surface area contributed by atoms with E-state index in [1.165, 1.54) is 13.1 Å². The van der Waals surface area contributed by atoms with Crippen LogP contribution < -0.4 is 25.8 Å². The fourth-order valence-electron chi connectivity index (χ4n) is 12.3. The molecule has 6 aliphatic rings. The number of rotatable bonds is 12. The van der Waals surface area contributed by atoms with Crippen molar-refractivity contribution in [3.63, 3.8) is 0 Å². The Kier molecular flexibility index (Phi) is 17.9. The standard InChI is InChI=1S/C31H42N8O2.C26H33N7O3.C5H11N/c1-31(2)20-38(21-31)29(41)23-11-18-37(19-12-23)26-6-5-15-39-27(26)33-30(34-39)32-24-9-7-22(8-10-24)28(40)36(4)25-13-16-35(3)17-14-25;1-30-14-11-21(12-15-30)31(2)24(34)18-5-7-20(8-6-18)27-26-28-23-22(4-3-13-33(23)29-26)32-16-9-19(10-17-32)25(35)36;1-5(2)3-6-4-5/h5-10,15,23,25H,11-14,16-21H2,1-4H3,(H,32,34);3-8,13,19,21H,9-12,14-17H2,1-2H3,(H,27,29)(H,35,36);6H,3-4H2,1-2H3. The van der Waals surface area contributed by atoms with Crippen molar-refractivity contribution < 1.29 is 24.3 Å². The third-order valence-electron chi connectivity index (χ3n) is 17.7. The van der Waals surface area contributed by atoms with Crippen molar-refractivity contribution >= 4 is 69.6 Å². The SMILES string of the molecule is CC1(C)CNC1.CN1CCC(N(C)C(=O)c2ccc(Nc3nc4c(N5CCC(C(=O)N6CC(C)(C)C6)CC5)cccn4n3)cc2)CC1.CN1CCC(N(C)C(=O)c2ccc(Nc3nc4c(N5CCC(C(=O)O)CC5)cccn4n3)cc2)CC1. The molecule has 6 aromatic rings. The number of carbonyl (C=O) groups is 4. The molecular weight excluding hydrogens is 1050 g/mol. The van der Waals surface area contributed by atoms with Gasteiger partial charge in [0.2, 0.25) is 17.8 Å². The van der Waals surface area contributed by atoms with Gasteiger partial charge in [-0.2, -0.15) is 9.97 Å². The minimum absolute atomic E-state index is 0.0401. The van der Waals surface area contributed by atoms with Crippen LogP contribution in [-0.2, 0) is 9.59 Å². The zero-order valence-corrected chi connectivity index (χ0v) is 49.9. The van der Waals surface area contributed by atoms with E-state index in [0.717, 1.165) is 125 Å². The topological polar surface area (TPSA) is 208 Å². The van der Waals surface area contributed by atoms with Crippen molar-refractivity contribution in [1.29, 1.82) is 0 Å². The molecule has 6 saturated heterocycles. The second kappa shape index (κ2) is 25.2. The molecule has 10 heterocycles. The maximum absolute atomic E-state index is 13.1. The summed E-state index contributed by atoms with van der Waals surface area (Å²) in [6, 6.07) is 23.5. The summed E-state index contributed by atoms with van der Waals surface area (Å²) in [6.45, 7) is 20.2. The summed E-state index contributed by atoms with van der Waals surface area (Å²) in [4.78, 5) is 74.7. The van der Waals surface area contributed by atoms with Gasteiger partial charge in [0.25, 0.3) is 11.8 Å². The Hall–Kier alpha value is -7.36. The second-order valence-electron chi connectivity index (χ2n) is 25.5. The Morgan fingerprint density at radius 3 is 1.29 bits per heavy atom. The lowest BCUT2D eigenvalue weighted by Gasteiger charge is -2.47. The number of anilines is 6. The van der Waals surface area contributed by atoms with Crippen molar-refractivity contribution in [2.75, 3.05) is 127 Å². The van der Waals surface area contributed by atoms with Crippen LogP contribution in [0.4, 0.5) is 34.6 Å². The molecule has 21 heteroatoms. The quantitative estimate of drug-likeness (QED) is 0.0950. The Labute approximate surface area is 488 Å². The Bertz CT molecular complexity index is 3190. The van der Waals surface area contributed by atoms with Crippen LogP contribution in [0.25, 0.3) is 11.3 Å². The van der Waals surface area contributed by atoms with Crippen LogP contribution in [0.1, 0.15) is 99.8 Å². The number of fused-ring (bicyclic) bond motifs is 2. The molecule has 0 bridgehead atoms. The van der Waals surface area contributed by atoms with Crippen molar-refractivity contribution in [2.45, 2.75) is 91.1 Å². The summed E-state index contributed by atoms with van der Waals surface area (Å²) < 4.78 is 3.53. The number of nitrogens with one attached hydrogen (secondary N) is 3. The third kappa shape index (κ3) is 14.2. The smallest absolute Gasteiger partial charge is 0.306 e. The Balaban J connectivity index is 0.000000169. The van der Waals surface area contributed by atoms with Gasteiger partial charge in [0.1, 0.15) is 0 Å². The first kappa shape index (κ1) is 58.8. The van der Waals surface area contributed by atoms with Gasteiger partial charge in [-0.05, 0) is 175 Å². The number of carboxylic acids is 1. The van der Waals surface area contributed by atoms with E-state index in [0.29, 0.717) is 60.3 Å². The van der Waals surface area contributed by atoms with Gasteiger partial charge < -0.3 is 55.4 Å². The zero-order valence-electron chi connectivity index (χ0n) is 49.9. The van der Waals surface area contributed by atoms with E-state index in [1.54, 1.807) is 9.03 Å². The van der Waals surface area contributed by atoms with E-state index < -0.39 is 5.97 Å². The van der Waals surface area contributed by atoms with Gasteiger partial charge in [-0.15, -0.1) is 10.2 Å². The monoisotopic (exact) mass is 1130 g/mol. The van der Waals surface area contributed by atoms with Crippen molar-refractivity contribution in [3.05, 3.63) is 96.3 Å². The molecule has 83 heavy (non-hydrogen) atoms. The first-order chi connectivity index (χ1) is 39.8. The Morgan fingerprint density at radius 2 is 0.940 bits per heavy atom. The average Bonchev–Trinajstić information content (AvgIpc) is 4.13. The number of amides is 3. The number of hydrogen-bond donors (Lipinski definition) is 4. The van der Waals surface area contributed by atoms with Crippen molar-refractivity contribution in [2.24, 2.45) is 22.7 Å². The number of hydrogen-bond acceptors (Lipinski definition) is 15. The van der Waals surface area contributed by atoms with Crippen LogP contribution in [0.15, 0.2) is 85.2 Å². The van der Waals surface area contributed by atoms with Gasteiger partial charge in [-0.3, -0.25) is 19.2 Å². The average molecular weight is 1140 g/mol. The van der Waals surface area contributed by atoms with Gasteiger partial charge in [0.05, 0.1) is 17.3 Å². The molecular formula is C62H86N16O5. The fraction of sp³-hybridized carbons (Fsp3) is 0.548. The second-order valence-corrected chi connectivity index (χ2v) is 25.5. The van der Waals surface area contributed by atoms with Crippen LogP contribution in [0.3, 0.4) is 0 Å². The number of likely N-dealkylation sites (tertiary alicyclic amines) is 3. The molecule has 0 spiro atoms. The largest absolute Gasteiger partial charge is 0.481 e. The molecule has 0 radical (unpaired) electrons. The maximum Gasteiger partial charge on any atom is 0.306 e. The lowest BCUT2D eigenvalue weighted by atomic mass is 9.82. The van der Waals surface area contributed by atoms with E-state index in [1.807, 2.05) is 108 Å². The molecule has 6 fully saturated rings. The van der Waals surface area contributed by atoms with Crippen molar-refractivity contribution in [1.82, 2.24) is 59.0 Å². The maximum atomic E-state index is 13.1. The van der Waals surface area contributed by atoms with Crippen LogP contribution in [0, 0.1) is 22.7 Å². The lowest BCUT2D eigenvalue weighted by Crippen LogP contribution is -2.57. The number of pyridine rings is 2. The van der Waals surface area contributed by atoms with Crippen LogP contribution in [-0.4, -0.2) is 201 Å². The number of carbonyl (C=O) groups excluding carboxylic acids is 3. The molecule has 4 N–H and O–H groups in total. The molecule has 12 rings (SSSR count). The van der Waals surface area contributed by atoms with E-state index in [2.05, 4.69) is 93.6 Å². The van der Waals surface area contributed by atoms with Crippen molar-refractivity contribution in [3.8, 4) is 0 Å². The molecule has 0 unspecified atom stereocenters. The molecule has 0 aliphatic carbocycles. The van der Waals surface area contributed by atoms with E-state index in [-0.39, 0.29) is 41.1 Å². The predicted molar refractivity (Wildman–Crippen MR) is 325 cm³/mol. The summed E-state index contributed by atoms with van der Waals surface area (Å²) in [5.41, 5.74) is 7.33. The van der Waals surface area contributed by atoms with Crippen LogP contribution in [0.2, 0.25) is 0 Å². The van der Waals surface area contributed by atoms with Gasteiger partial charge >= 0.3 is 5.97 Å². The van der Waals surface area contributed by atoms with E-state index >= 15 is 0 Å². The Morgan fingerprint density at radius 1 is 0.554 bits per heavy atom. The highest BCUT2D eigenvalue weighted by Crippen LogP contribution is 2.34. The number of benzene rings is 2. The molecule has 0 atom stereocenters. The summed E-state index contributed by atoms with van der Waals surface area (Å²) >= 11 is 0. The first-order valence-electron chi connectivity index (χ1n) is 29.8. The number of aromatic nitrogens is 6. The minimum atomic E-state index is -0.719. The van der Waals surface area contributed by atoms with E-state index in [9.17, 15) is 24.3 Å². The summed E-state index contributed by atoms with van der Waals surface area (Å²) in [6.07, 6.45) is 10.7. The van der Waals surface area contributed by atoms with Crippen LogP contribution >= 0.6 is 0 Å². The predicted octanol–water partition coefficient (Wildman–Crippen LogP) is 7.28. The highest BCUT2D eigenvalue weighted by molar-refractivity contribution is 5.95. The number of piperidine rings is 4. The van der Waals surface area contributed by atoms with Gasteiger partial charge in [0.15, 0.2) is 11.3 Å².